The van der Waals surface area contributed by atoms with Crippen molar-refractivity contribution in [1.29, 1.82) is 0 Å². The first-order chi connectivity index (χ1) is 8.58. The van der Waals surface area contributed by atoms with E-state index in [1.54, 1.807) is 10.7 Å². The summed E-state index contributed by atoms with van der Waals surface area (Å²) in [5.74, 6) is 0.732. The number of aryl methyl sites for hydroxylation is 1. The Kier molecular flexibility index (Phi) is 3.61. The van der Waals surface area contributed by atoms with E-state index in [0.717, 1.165) is 11.4 Å². The highest BCUT2D eigenvalue weighted by Gasteiger charge is 2.14. The maximum Gasteiger partial charge on any atom is 0.283 e. The van der Waals surface area contributed by atoms with Gasteiger partial charge in [-0.25, -0.2) is 0 Å². The molecule has 6 nitrogen and oxygen atoms in total. The topological polar surface area (TPSA) is 73.0 Å². The number of nitrogens with zero attached hydrogens (tertiary/aromatic N) is 3. The number of rotatable bonds is 4. The minimum absolute atomic E-state index is 0.0651. The number of nitro groups is 1. The molecule has 1 N–H and O–H groups in total. The van der Waals surface area contributed by atoms with Gasteiger partial charge in [0.2, 0.25) is 0 Å². The highest BCUT2D eigenvalue weighted by Crippen LogP contribution is 2.28. The van der Waals surface area contributed by atoms with Crippen molar-refractivity contribution in [3.8, 4) is 0 Å². The number of halogens is 1. The van der Waals surface area contributed by atoms with Crippen LogP contribution in [0.4, 0.5) is 11.5 Å². The lowest BCUT2D eigenvalue weighted by atomic mass is 10.2. The van der Waals surface area contributed by atoms with Crippen LogP contribution in [-0.4, -0.2) is 14.7 Å². The Hall–Kier alpha value is -1.89. The van der Waals surface area contributed by atoms with Gasteiger partial charge in [0.1, 0.15) is 10.3 Å². The number of nitrogens with one attached hydrogen (secondary N) is 1. The lowest BCUT2D eigenvalue weighted by Gasteiger charge is -2.06. The zero-order chi connectivity index (χ0) is 13.1. The van der Waals surface area contributed by atoms with Crippen LogP contribution in [0.2, 0.25) is 0 Å². The fraction of sp³-hybridized carbons (Fsp3) is 0.182. The van der Waals surface area contributed by atoms with Gasteiger partial charge < -0.3 is 5.32 Å². The van der Waals surface area contributed by atoms with E-state index in [1.165, 1.54) is 6.07 Å². The predicted octanol–water partition coefficient (Wildman–Crippen LogP) is 2.70. The smallest absolute Gasteiger partial charge is 0.283 e. The van der Waals surface area contributed by atoms with Crippen molar-refractivity contribution >= 4 is 27.4 Å². The van der Waals surface area contributed by atoms with Gasteiger partial charge in [-0.1, -0.05) is 12.1 Å². The van der Waals surface area contributed by atoms with Gasteiger partial charge in [0.15, 0.2) is 0 Å². The van der Waals surface area contributed by atoms with E-state index in [4.69, 9.17) is 0 Å². The third-order valence-corrected chi connectivity index (χ3v) is 3.34. The van der Waals surface area contributed by atoms with Gasteiger partial charge in [-0.05, 0) is 21.5 Å². The second-order valence-electron chi connectivity index (χ2n) is 3.74. The Morgan fingerprint density at radius 2 is 2.28 bits per heavy atom. The Morgan fingerprint density at radius 3 is 2.89 bits per heavy atom. The van der Waals surface area contributed by atoms with Crippen LogP contribution < -0.4 is 5.32 Å². The van der Waals surface area contributed by atoms with Crippen molar-refractivity contribution in [3.63, 3.8) is 0 Å². The number of hydrogen-bond acceptors (Lipinski definition) is 4. The molecular formula is C11H11BrN4O2. The quantitative estimate of drug-likeness (QED) is 0.696. The standard InChI is InChI=1S/C11H11BrN4O2/c1-15-6-5-10(14-15)13-7-8-3-2-4-9(11(8)12)16(17)18/h2-6H,7H2,1H3,(H,13,14). The zero-order valence-corrected chi connectivity index (χ0v) is 11.2. The van der Waals surface area contributed by atoms with E-state index in [1.807, 2.05) is 25.4 Å². The molecule has 1 aromatic carbocycles. The highest BCUT2D eigenvalue weighted by atomic mass is 79.9. The van der Waals surface area contributed by atoms with Crippen molar-refractivity contribution in [1.82, 2.24) is 9.78 Å². The number of hydrogen-bond donors (Lipinski definition) is 1. The molecule has 7 heteroatoms. The van der Waals surface area contributed by atoms with Crippen molar-refractivity contribution in [3.05, 3.63) is 50.6 Å². The first kappa shape index (κ1) is 12.6. The van der Waals surface area contributed by atoms with Crippen LogP contribution in [0.5, 0.6) is 0 Å². The van der Waals surface area contributed by atoms with Crippen LogP contribution in [0.3, 0.4) is 0 Å². The van der Waals surface area contributed by atoms with Crippen molar-refractivity contribution < 1.29 is 4.92 Å². The normalized spacial score (nSPS) is 10.3. The Labute approximate surface area is 112 Å². The molecule has 0 atom stereocenters. The lowest BCUT2D eigenvalue weighted by Crippen LogP contribution is -2.02. The molecule has 0 amide bonds. The van der Waals surface area contributed by atoms with Crippen molar-refractivity contribution in [2.75, 3.05) is 5.32 Å². The number of nitro benzene ring substituents is 1. The molecule has 1 heterocycles. The lowest BCUT2D eigenvalue weighted by molar-refractivity contribution is -0.385. The molecule has 1 aromatic heterocycles. The van der Waals surface area contributed by atoms with E-state index < -0.39 is 4.92 Å². The molecule has 0 radical (unpaired) electrons. The van der Waals surface area contributed by atoms with Crippen LogP contribution in [0.15, 0.2) is 34.9 Å². The number of benzene rings is 1. The summed E-state index contributed by atoms with van der Waals surface area (Å²) in [5, 5.41) is 18.1. The van der Waals surface area contributed by atoms with Crippen LogP contribution in [0.25, 0.3) is 0 Å². The van der Waals surface area contributed by atoms with E-state index in [9.17, 15) is 10.1 Å². The number of aromatic nitrogens is 2. The first-order valence-electron chi connectivity index (χ1n) is 5.23. The van der Waals surface area contributed by atoms with E-state index in [2.05, 4.69) is 26.3 Å². The van der Waals surface area contributed by atoms with Gasteiger partial charge >= 0.3 is 0 Å². The van der Waals surface area contributed by atoms with E-state index in [0.29, 0.717) is 11.0 Å². The van der Waals surface area contributed by atoms with E-state index in [-0.39, 0.29) is 5.69 Å². The van der Waals surface area contributed by atoms with E-state index >= 15 is 0 Å². The van der Waals surface area contributed by atoms with Gasteiger partial charge in [-0.15, -0.1) is 0 Å². The predicted molar refractivity (Wildman–Crippen MR) is 71.3 cm³/mol. The molecule has 0 aliphatic carbocycles. The molecule has 0 aliphatic rings. The Morgan fingerprint density at radius 1 is 1.50 bits per heavy atom. The summed E-state index contributed by atoms with van der Waals surface area (Å²) in [6.07, 6.45) is 1.82. The molecule has 0 bridgehead atoms. The molecule has 0 aliphatic heterocycles. The van der Waals surface area contributed by atoms with Crippen LogP contribution in [0, 0.1) is 10.1 Å². The molecule has 94 valence electrons. The summed E-state index contributed by atoms with van der Waals surface area (Å²) >= 11 is 3.25. The fourth-order valence-corrected chi connectivity index (χ4v) is 2.09. The summed E-state index contributed by atoms with van der Waals surface area (Å²) in [4.78, 5) is 10.4. The second-order valence-corrected chi connectivity index (χ2v) is 4.53. The monoisotopic (exact) mass is 310 g/mol. The average Bonchev–Trinajstić information content (AvgIpc) is 2.73. The van der Waals surface area contributed by atoms with Gasteiger partial charge in [0.05, 0.1) is 4.92 Å². The highest BCUT2D eigenvalue weighted by molar-refractivity contribution is 9.10. The van der Waals surface area contributed by atoms with Gasteiger partial charge in [0.25, 0.3) is 5.69 Å². The Balaban J connectivity index is 2.14. The SMILES string of the molecule is Cn1ccc(NCc2cccc([N+](=O)[O-])c2Br)n1. The molecular weight excluding hydrogens is 300 g/mol. The summed E-state index contributed by atoms with van der Waals surface area (Å²) < 4.78 is 2.18. The minimum Gasteiger partial charge on any atom is -0.364 e. The molecule has 2 aromatic rings. The summed E-state index contributed by atoms with van der Waals surface area (Å²) in [6.45, 7) is 0.472. The average molecular weight is 311 g/mol. The van der Waals surface area contributed by atoms with Crippen LogP contribution >= 0.6 is 15.9 Å². The molecule has 0 saturated carbocycles. The van der Waals surface area contributed by atoms with Crippen molar-refractivity contribution in [2.24, 2.45) is 7.05 Å². The Bertz CT molecular complexity index is 582. The van der Waals surface area contributed by atoms with Gasteiger partial charge in [-0.3, -0.25) is 14.8 Å². The molecule has 2 rings (SSSR count). The van der Waals surface area contributed by atoms with Crippen LogP contribution in [0.1, 0.15) is 5.56 Å². The van der Waals surface area contributed by atoms with Gasteiger partial charge in [0, 0.05) is 31.9 Å². The number of anilines is 1. The third kappa shape index (κ3) is 2.67. The fourth-order valence-electron chi connectivity index (χ4n) is 1.54. The second kappa shape index (κ2) is 5.18. The summed E-state index contributed by atoms with van der Waals surface area (Å²) in [5.41, 5.74) is 0.880. The summed E-state index contributed by atoms with van der Waals surface area (Å²) in [6, 6.07) is 6.80. The van der Waals surface area contributed by atoms with Crippen molar-refractivity contribution in [2.45, 2.75) is 6.54 Å². The maximum absolute atomic E-state index is 10.8. The molecule has 0 fully saturated rings. The molecule has 0 unspecified atom stereocenters. The maximum atomic E-state index is 10.8. The minimum atomic E-state index is -0.408. The molecule has 18 heavy (non-hydrogen) atoms. The zero-order valence-electron chi connectivity index (χ0n) is 9.63. The molecule has 0 saturated heterocycles. The third-order valence-electron chi connectivity index (χ3n) is 2.43. The summed E-state index contributed by atoms with van der Waals surface area (Å²) in [7, 11) is 1.83. The van der Waals surface area contributed by atoms with Gasteiger partial charge in [-0.2, -0.15) is 5.10 Å². The molecule has 0 spiro atoms. The van der Waals surface area contributed by atoms with Crippen LogP contribution in [-0.2, 0) is 13.6 Å². The largest absolute Gasteiger partial charge is 0.364 e. The first-order valence-corrected chi connectivity index (χ1v) is 6.02.